The Morgan fingerprint density at radius 2 is 2.05 bits per heavy atom. The minimum atomic E-state index is -0.239. The fraction of sp³-hybridized carbons (Fsp3) is 0.647. The molecule has 0 bridgehead atoms. The topological polar surface area (TPSA) is 23.5 Å². The molecule has 0 aromatic heterocycles. The molecule has 2 rings (SSSR count). The highest BCUT2D eigenvalue weighted by molar-refractivity contribution is 5.46. The van der Waals surface area contributed by atoms with E-state index in [2.05, 4.69) is 25.7 Å². The van der Waals surface area contributed by atoms with Gasteiger partial charge in [0.05, 0.1) is 6.10 Å². The van der Waals surface area contributed by atoms with Gasteiger partial charge >= 0.3 is 0 Å². The van der Waals surface area contributed by atoms with Crippen LogP contribution in [0.5, 0.6) is 0 Å². The fourth-order valence-electron chi connectivity index (χ4n) is 3.52. The average Bonchev–Trinajstić information content (AvgIpc) is 2.38. The summed E-state index contributed by atoms with van der Waals surface area (Å²) < 4.78 is 13.4. The van der Waals surface area contributed by atoms with E-state index in [9.17, 15) is 9.50 Å². The van der Waals surface area contributed by atoms with Crippen molar-refractivity contribution in [3.05, 3.63) is 30.1 Å². The third-order valence-corrected chi connectivity index (χ3v) is 4.63. The SMILES string of the molecule is CCN(CC1C(C)CC(C)CC1O)c1cccc(F)c1. The van der Waals surface area contributed by atoms with Crippen molar-refractivity contribution in [2.24, 2.45) is 17.8 Å². The summed E-state index contributed by atoms with van der Waals surface area (Å²) in [5, 5.41) is 10.4. The summed E-state index contributed by atoms with van der Waals surface area (Å²) in [6.07, 6.45) is 1.81. The van der Waals surface area contributed by atoms with Crippen molar-refractivity contribution < 1.29 is 9.50 Å². The predicted octanol–water partition coefficient (Wildman–Crippen LogP) is 3.70. The Hall–Kier alpha value is -1.09. The van der Waals surface area contributed by atoms with Gasteiger partial charge in [0.15, 0.2) is 0 Å². The van der Waals surface area contributed by atoms with E-state index in [1.54, 1.807) is 12.1 Å². The number of benzene rings is 1. The lowest BCUT2D eigenvalue weighted by molar-refractivity contribution is 0.0201. The quantitative estimate of drug-likeness (QED) is 0.908. The van der Waals surface area contributed by atoms with Gasteiger partial charge in [-0.2, -0.15) is 0 Å². The highest BCUT2D eigenvalue weighted by Crippen LogP contribution is 2.35. The first-order valence-electron chi connectivity index (χ1n) is 7.69. The normalized spacial score (nSPS) is 30.2. The molecule has 1 aromatic carbocycles. The molecule has 1 fully saturated rings. The van der Waals surface area contributed by atoms with Crippen molar-refractivity contribution >= 4 is 5.69 Å². The number of rotatable bonds is 4. The van der Waals surface area contributed by atoms with Crippen molar-refractivity contribution in [3.8, 4) is 0 Å². The molecular formula is C17H26FNO. The van der Waals surface area contributed by atoms with Crippen molar-refractivity contribution in [1.29, 1.82) is 0 Å². The first-order valence-corrected chi connectivity index (χ1v) is 7.69. The maximum Gasteiger partial charge on any atom is 0.125 e. The van der Waals surface area contributed by atoms with Crippen LogP contribution in [0, 0.1) is 23.6 Å². The summed E-state index contributed by atoms with van der Waals surface area (Å²) in [5.41, 5.74) is 0.908. The molecular weight excluding hydrogens is 253 g/mol. The van der Waals surface area contributed by atoms with E-state index in [4.69, 9.17) is 0 Å². The molecule has 0 spiro atoms. The van der Waals surface area contributed by atoms with E-state index in [1.807, 2.05) is 6.07 Å². The van der Waals surface area contributed by atoms with Crippen molar-refractivity contribution in [2.45, 2.75) is 39.7 Å². The molecule has 0 aliphatic heterocycles. The van der Waals surface area contributed by atoms with Crippen LogP contribution in [0.1, 0.15) is 33.6 Å². The Morgan fingerprint density at radius 3 is 2.65 bits per heavy atom. The zero-order valence-electron chi connectivity index (χ0n) is 12.7. The molecule has 4 unspecified atom stereocenters. The summed E-state index contributed by atoms with van der Waals surface area (Å²) in [4.78, 5) is 2.17. The summed E-state index contributed by atoms with van der Waals surface area (Å²) >= 11 is 0. The maximum atomic E-state index is 13.4. The minimum absolute atomic E-state index is 0.202. The summed E-state index contributed by atoms with van der Waals surface area (Å²) in [6.45, 7) is 8.14. The lowest BCUT2D eigenvalue weighted by Crippen LogP contribution is -2.42. The fourth-order valence-corrected chi connectivity index (χ4v) is 3.52. The van der Waals surface area contributed by atoms with Crippen LogP contribution in [-0.4, -0.2) is 24.3 Å². The van der Waals surface area contributed by atoms with Gasteiger partial charge < -0.3 is 10.0 Å². The van der Waals surface area contributed by atoms with Gasteiger partial charge in [0.25, 0.3) is 0 Å². The molecule has 112 valence electrons. The van der Waals surface area contributed by atoms with E-state index >= 15 is 0 Å². The second-order valence-electron chi connectivity index (χ2n) is 6.30. The molecule has 2 nitrogen and oxygen atoms in total. The van der Waals surface area contributed by atoms with Crippen LogP contribution in [0.2, 0.25) is 0 Å². The zero-order chi connectivity index (χ0) is 14.7. The molecule has 0 heterocycles. The molecule has 3 heteroatoms. The predicted molar refractivity (Wildman–Crippen MR) is 81.3 cm³/mol. The van der Waals surface area contributed by atoms with Gasteiger partial charge in [0.2, 0.25) is 0 Å². The molecule has 20 heavy (non-hydrogen) atoms. The third-order valence-electron chi connectivity index (χ3n) is 4.63. The van der Waals surface area contributed by atoms with Gasteiger partial charge in [0.1, 0.15) is 5.82 Å². The average molecular weight is 279 g/mol. The smallest absolute Gasteiger partial charge is 0.125 e. The van der Waals surface area contributed by atoms with Gasteiger partial charge in [-0.3, -0.25) is 0 Å². The van der Waals surface area contributed by atoms with Gasteiger partial charge in [-0.15, -0.1) is 0 Å². The van der Waals surface area contributed by atoms with E-state index in [0.717, 1.165) is 25.2 Å². The standard InChI is InChI=1S/C17H26FNO/c1-4-19(15-7-5-6-14(18)10-15)11-16-13(3)8-12(2)9-17(16)20/h5-7,10,12-13,16-17,20H,4,8-9,11H2,1-3H3. The van der Waals surface area contributed by atoms with E-state index in [0.29, 0.717) is 11.8 Å². The molecule has 1 aliphatic carbocycles. The monoisotopic (exact) mass is 279 g/mol. The largest absolute Gasteiger partial charge is 0.393 e. The van der Waals surface area contributed by atoms with Crippen LogP contribution in [0.15, 0.2) is 24.3 Å². The second kappa shape index (κ2) is 6.57. The highest BCUT2D eigenvalue weighted by atomic mass is 19.1. The third kappa shape index (κ3) is 3.51. The van der Waals surface area contributed by atoms with Crippen LogP contribution in [0.3, 0.4) is 0 Å². The van der Waals surface area contributed by atoms with Crippen LogP contribution in [0.25, 0.3) is 0 Å². The number of aliphatic hydroxyl groups excluding tert-OH is 1. The first kappa shape index (κ1) is 15.3. The highest BCUT2D eigenvalue weighted by Gasteiger charge is 2.33. The van der Waals surface area contributed by atoms with E-state index in [-0.39, 0.29) is 17.8 Å². The number of aliphatic hydroxyl groups is 1. The van der Waals surface area contributed by atoms with E-state index in [1.165, 1.54) is 12.5 Å². The molecule has 0 radical (unpaired) electrons. The minimum Gasteiger partial charge on any atom is -0.393 e. The Labute approximate surface area is 121 Å². The lowest BCUT2D eigenvalue weighted by atomic mass is 9.73. The summed E-state index contributed by atoms with van der Waals surface area (Å²) in [6, 6.07) is 6.73. The summed E-state index contributed by atoms with van der Waals surface area (Å²) in [5.74, 6) is 1.18. The van der Waals surface area contributed by atoms with Crippen molar-refractivity contribution in [1.82, 2.24) is 0 Å². The Morgan fingerprint density at radius 1 is 1.30 bits per heavy atom. The van der Waals surface area contributed by atoms with Gasteiger partial charge in [-0.1, -0.05) is 19.9 Å². The van der Waals surface area contributed by atoms with Gasteiger partial charge in [-0.25, -0.2) is 4.39 Å². The van der Waals surface area contributed by atoms with Crippen molar-refractivity contribution in [2.75, 3.05) is 18.0 Å². The molecule has 0 saturated heterocycles. The molecule has 4 atom stereocenters. The Balaban J connectivity index is 2.09. The van der Waals surface area contributed by atoms with Crippen molar-refractivity contribution in [3.63, 3.8) is 0 Å². The second-order valence-corrected chi connectivity index (χ2v) is 6.30. The van der Waals surface area contributed by atoms with Crippen LogP contribution >= 0.6 is 0 Å². The molecule has 1 aromatic rings. The molecule has 1 aliphatic rings. The van der Waals surface area contributed by atoms with E-state index < -0.39 is 0 Å². The maximum absolute atomic E-state index is 13.4. The van der Waals surface area contributed by atoms with Gasteiger partial charge in [-0.05, 0) is 49.8 Å². The molecule has 1 N–H and O–H groups in total. The number of hydrogen-bond donors (Lipinski definition) is 1. The number of anilines is 1. The zero-order valence-corrected chi connectivity index (χ0v) is 12.7. The number of nitrogens with zero attached hydrogens (tertiary/aromatic N) is 1. The Kier molecular flexibility index (Phi) is 5.03. The first-order chi connectivity index (χ1) is 9.51. The number of halogens is 1. The summed E-state index contributed by atoms with van der Waals surface area (Å²) in [7, 11) is 0. The van der Waals surface area contributed by atoms with Crippen LogP contribution in [-0.2, 0) is 0 Å². The van der Waals surface area contributed by atoms with Gasteiger partial charge in [0, 0.05) is 24.7 Å². The van der Waals surface area contributed by atoms with Crippen LogP contribution < -0.4 is 4.90 Å². The molecule has 1 saturated carbocycles. The van der Waals surface area contributed by atoms with Crippen LogP contribution in [0.4, 0.5) is 10.1 Å². The lowest BCUT2D eigenvalue weighted by Gasteiger charge is -2.40. The number of hydrogen-bond acceptors (Lipinski definition) is 2. The molecule has 0 amide bonds. The Bertz CT molecular complexity index is 425.